The SMILES string of the molecule is CCCN1C(=O)C(=O)/C(=C(\O)c2ccc3c(c2)CCCC3)C1c1cccc(OCC)c1. The lowest BCUT2D eigenvalue weighted by molar-refractivity contribution is -0.139. The van der Waals surface area contributed by atoms with Crippen LogP contribution >= 0.6 is 0 Å². The smallest absolute Gasteiger partial charge is 0.295 e. The molecule has 1 heterocycles. The highest BCUT2D eigenvalue weighted by Crippen LogP contribution is 2.40. The average molecular weight is 420 g/mol. The Bertz CT molecular complexity index is 1040. The number of benzene rings is 2. The number of likely N-dealkylation sites (tertiary alicyclic amines) is 1. The number of carbonyl (C=O) groups is 2. The maximum absolute atomic E-state index is 13.0. The zero-order chi connectivity index (χ0) is 22.0. The van der Waals surface area contributed by atoms with E-state index in [-0.39, 0.29) is 11.3 Å². The van der Waals surface area contributed by atoms with Crippen molar-refractivity contribution in [3.63, 3.8) is 0 Å². The molecule has 4 rings (SSSR count). The summed E-state index contributed by atoms with van der Waals surface area (Å²) in [5.74, 6) is -0.614. The quantitative estimate of drug-likeness (QED) is 0.415. The van der Waals surface area contributed by atoms with Crippen LogP contribution < -0.4 is 4.74 Å². The molecule has 1 N–H and O–H groups in total. The molecule has 2 aliphatic rings. The van der Waals surface area contributed by atoms with E-state index in [4.69, 9.17) is 4.74 Å². The fourth-order valence-electron chi connectivity index (χ4n) is 4.68. The van der Waals surface area contributed by atoms with Gasteiger partial charge in [0.1, 0.15) is 11.5 Å². The first-order valence-electron chi connectivity index (χ1n) is 11.2. The molecular weight excluding hydrogens is 390 g/mol. The van der Waals surface area contributed by atoms with E-state index < -0.39 is 17.7 Å². The second-order valence-corrected chi connectivity index (χ2v) is 8.19. The minimum atomic E-state index is -0.629. The van der Waals surface area contributed by atoms with E-state index in [0.717, 1.165) is 24.8 Å². The third-order valence-corrected chi connectivity index (χ3v) is 6.11. The number of carbonyl (C=O) groups excluding carboxylic acids is 2. The van der Waals surface area contributed by atoms with Crippen molar-refractivity contribution in [1.82, 2.24) is 4.90 Å². The van der Waals surface area contributed by atoms with Crippen LogP contribution in [0.1, 0.15) is 61.4 Å². The summed E-state index contributed by atoms with van der Waals surface area (Å²) in [5.41, 5.74) is 4.03. The van der Waals surface area contributed by atoms with E-state index in [2.05, 4.69) is 0 Å². The van der Waals surface area contributed by atoms with Crippen LogP contribution in [0.15, 0.2) is 48.0 Å². The highest BCUT2D eigenvalue weighted by molar-refractivity contribution is 6.46. The van der Waals surface area contributed by atoms with Crippen LogP contribution in [0.25, 0.3) is 5.76 Å². The molecule has 0 saturated carbocycles. The molecule has 0 bridgehead atoms. The van der Waals surface area contributed by atoms with Crippen LogP contribution in [0.5, 0.6) is 5.75 Å². The molecule has 1 atom stereocenters. The van der Waals surface area contributed by atoms with E-state index >= 15 is 0 Å². The van der Waals surface area contributed by atoms with Crippen LogP contribution in [0, 0.1) is 0 Å². The van der Waals surface area contributed by atoms with Gasteiger partial charge < -0.3 is 14.7 Å². The number of Topliss-reactive ketones (excluding diaryl/α,β-unsaturated/α-hetero) is 1. The number of rotatable bonds is 6. The standard InChI is InChI=1S/C26H29NO4/c1-3-14-27-23(19-10-7-11-21(16-19)31-4-2)22(25(29)26(27)30)24(28)20-13-12-17-8-5-6-9-18(17)15-20/h7,10-13,15-16,23,28H,3-6,8-9,14H2,1-2H3/b24-22-. The van der Waals surface area contributed by atoms with E-state index in [9.17, 15) is 14.7 Å². The van der Waals surface area contributed by atoms with Crippen LogP contribution in [-0.2, 0) is 22.4 Å². The van der Waals surface area contributed by atoms with Gasteiger partial charge in [-0.15, -0.1) is 0 Å². The van der Waals surface area contributed by atoms with Crippen molar-refractivity contribution in [2.45, 2.75) is 52.0 Å². The number of ketones is 1. The highest BCUT2D eigenvalue weighted by Gasteiger charge is 2.45. The van der Waals surface area contributed by atoms with Gasteiger partial charge in [-0.3, -0.25) is 9.59 Å². The number of ether oxygens (including phenoxy) is 1. The van der Waals surface area contributed by atoms with E-state index in [1.165, 1.54) is 17.5 Å². The monoisotopic (exact) mass is 419 g/mol. The third kappa shape index (κ3) is 3.97. The highest BCUT2D eigenvalue weighted by atomic mass is 16.5. The van der Waals surface area contributed by atoms with Crippen molar-refractivity contribution in [1.29, 1.82) is 0 Å². The Kier molecular flexibility index (Phi) is 6.12. The Morgan fingerprint density at radius 2 is 1.84 bits per heavy atom. The van der Waals surface area contributed by atoms with Crippen molar-refractivity contribution >= 4 is 17.4 Å². The Morgan fingerprint density at radius 3 is 2.58 bits per heavy atom. The van der Waals surface area contributed by atoms with Crippen LogP contribution in [0.4, 0.5) is 0 Å². The van der Waals surface area contributed by atoms with Crippen LogP contribution in [0.3, 0.4) is 0 Å². The Hall–Kier alpha value is -3.08. The van der Waals surface area contributed by atoms with Gasteiger partial charge in [-0.1, -0.05) is 31.2 Å². The zero-order valence-corrected chi connectivity index (χ0v) is 18.2. The first-order valence-corrected chi connectivity index (χ1v) is 11.2. The second-order valence-electron chi connectivity index (χ2n) is 8.19. The summed E-state index contributed by atoms with van der Waals surface area (Å²) in [6.45, 7) is 4.84. The molecule has 1 amide bonds. The molecule has 0 radical (unpaired) electrons. The maximum Gasteiger partial charge on any atom is 0.295 e. The Balaban J connectivity index is 1.84. The van der Waals surface area contributed by atoms with Gasteiger partial charge in [0, 0.05) is 12.1 Å². The van der Waals surface area contributed by atoms with Gasteiger partial charge >= 0.3 is 0 Å². The molecule has 162 valence electrons. The van der Waals surface area contributed by atoms with Crippen molar-refractivity contribution in [3.8, 4) is 5.75 Å². The normalized spacial score (nSPS) is 20.1. The van der Waals surface area contributed by atoms with E-state index in [1.54, 1.807) is 4.90 Å². The van der Waals surface area contributed by atoms with E-state index in [0.29, 0.717) is 30.9 Å². The number of hydrogen-bond donors (Lipinski definition) is 1. The minimum Gasteiger partial charge on any atom is -0.507 e. The minimum absolute atomic E-state index is 0.0999. The largest absolute Gasteiger partial charge is 0.507 e. The molecule has 31 heavy (non-hydrogen) atoms. The van der Waals surface area contributed by atoms with Gasteiger partial charge in [0.25, 0.3) is 11.7 Å². The average Bonchev–Trinajstić information content (AvgIpc) is 3.04. The number of fused-ring (bicyclic) bond motifs is 1. The van der Waals surface area contributed by atoms with Gasteiger partial charge in [-0.2, -0.15) is 0 Å². The molecule has 1 saturated heterocycles. The summed E-state index contributed by atoms with van der Waals surface area (Å²) in [6.07, 6.45) is 5.04. The summed E-state index contributed by atoms with van der Waals surface area (Å²) in [7, 11) is 0. The molecule has 1 fully saturated rings. The predicted molar refractivity (Wildman–Crippen MR) is 120 cm³/mol. The first-order chi connectivity index (χ1) is 15.0. The third-order valence-electron chi connectivity index (χ3n) is 6.11. The summed E-state index contributed by atoms with van der Waals surface area (Å²) in [4.78, 5) is 27.5. The number of aryl methyl sites for hydroxylation is 2. The lowest BCUT2D eigenvalue weighted by Crippen LogP contribution is -2.30. The number of amides is 1. The lowest BCUT2D eigenvalue weighted by atomic mass is 9.88. The molecular formula is C26H29NO4. The molecule has 1 unspecified atom stereocenters. The predicted octanol–water partition coefficient (Wildman–Crippen LogP) is 4.80. The number of aliphatic hydroxyl groups is 1. The van der Waals surface area contributed by atoms with Crippen molar-refractivity contribution in [3.05, 3.63) is 70.3 Å². The molecule has 5 heteroatoms. The fraction of sp³-hybridized carbons (Fsp3) is 0.385. The molecule has 0 aromatic heterocycles. The van der Waals surface area contributed by atoms with E-state index in [1.807, 2.05) is 56.3 Å². The van der Waals surface area contributed by atoms with Gasteiger partial charge in [-0.25, -0.2) is 0 Å². The summed E-state index contributed by atoms with van der Waals surface area (Å²) in [6, 6.07) is 12.7. The van der Waals surface area contributed by atoms with Crippen LogP contribution in [0.2, 0.25) is 0 Å². The van der Waals surface area contributed by atoms with Crippen molar-refractivity contribution < 1.29 is 19.4 Å². The molecule has 0 spiro atoms. The molecule has 1 aliphatic heterocycles. The Labute approximate surface area is 183 Å². The molecule has 2 aromatic rings. The number of nitrogens with zero attached hydrogens (tertiary/aromatic N) is 1. The van der Waals surface area contributed by atoms with Crippen LogP contribution in [-0.4, -0.2) is 34.8 Å². The molecule has 2 aromatic carbocycles. The van der Waals surface area contributed by atoms with Crippen molar-refractivity contribution in [2.75, 3.05) is 13.2 Å². The number of aliphatic hydroxyl groups excluding tert-OH is 1. The maximum atomic E-state index is 13.0. The summed E-state index contributed by atoms with van der Waals surface area (Å²) in [5, 5.41) is 11.2. The first kappa shape index (κ1) is 21.2. The van der Waals surface area contributed by atoms with Gasteiger partial charge in [-0.05, 0) is 73.9 Å². The second kappa shape index (κ2) is 8.96. The topological polar surface area (TPSA) is 66.8 Å². The summed E-state index contributed by atoms with van der Waals surface area (Å²) >= 11 is 0. The molecule has 5 nitrogen and oxygen atoms in total. The lowest BCUT2D eigenvalue weighted by Gasteiger charge is -2.25. The molecule has 1 aliphatic carbocycles. The number of hydrogen-bond acceptors (Lipinski definition) is 4. The fourth-order valence-corrected chi connectivity index (χ4v) is 4.68. The summed E-state index contributed by atoms with van der Waals surface area (Å²) < 4.78 is 5.63. The van der Waals surface area contributed by atoms with Gasteiger partial charge in [0.05, 0.1) is 18.2 Å². The Morgan fingerprint density at radius 1 is 1.06 bits per heavy atom. The van der Waals surface area contributed by atoms with Gasteiger partial charge in [0.15, 0.2) is 0 Å². The van der Waals surface area contributed by atoms with Gasteiger partial charge in [0.2, 0.25) is 0 Å². The zero-order valence-electron chi connectivity index (χ0n) is 18.2. The van der Waals surface area contributed by atoms with Crippen molar-refractivity contribution in [2.24, 2.45) is 0 Å².